The number of carbonyl (C=O) groups excluding carboxylic acids is 1. The number of aromatic nitrogens is 2. The maximum absolute atomic E-state index is 12.5. The Labute approximate surface area is 162 Å². The van der Waals surface area contributed by atoms with E-state index < -0.39 is 0 Å². The Balaban J connectivity index is 1.67. The summed E-state index contributed by atoms with van der Waals surface area (Å²) >= 11 is 9.59. The number of nitrogens with one attached hydrogen (secondary N) is 1. The molecule has 0 aliphatic rings. The molecule has 2 aromatic heterocycles. The molecular weight excluding hydrogens is 418 g/mol. The molecule has 0 fully saturated rings. The van der Waals surface area contributed by atoms with Gasteiger partial charge < -0.3 is 9.73 Å². The number of halogens is 2. The van der Waals surface area contributed by atoms with Crippen LogP contribution in [0.25, 0.3) is 22.7 Å². The first-order valence-electron chi connectivity index (χ1n) is 7.68. The predicted molar refractivity (Wildman–Crippen MR) is 104 cm³/mol. The van der Waals surface area contributed by atoms with E-state index in [2.05, 4.69) is 31.2 Å². The number of pyridine rings is 1. The van der Waals surface area contributed by atoms with Crippen LogP contribution in [-0.4, -0.2) is 15.9 Å². The lowest BCUT2D eigenvalue weighted by atomic mass is 10.1. The van der Waals surface area contributed by atoms with Crippen LogP contribution in [0.5, 0.6) is 0 Å². The van der Waals surface area contributed by atoms with E-state index in [0.29, 0.717) is 39.0 Å². The van der Waals surface area contributed by atoms with Gasteiger partial charge in [-0.25, -0.2) is 4.98 Å². The highest BCUT2D eigenvalue weighted by molar-refractivity contribution is 9.10. The molecule has 0 radical (unpaired) electrons. The van der Waals surface area contributed by atoms with Gasteiger partial charge >= 0.3 is 0 Å². The summed E-state index contributed by atoms with van der Waals surface area (Å²) in [7, 11) is 0. The first-order chi connectivity index (χ1) is 12.6. The molecule has 0 bridgehead atoms. The van der Waals surface area contributed by atoms with Gasteiger partial charge in [-0.3, -0.25) is 4.79 Å². The van der Waals surface area contributed by atoms with Crippen LogP contribution >= 0.6 is 27.5 Å². The molecule has 26 heavy (non-hydrogen) atoms. The summed E-state index contributed by atoms with van der Waals surface area (Å²) in [6, 6.07) is 15.9. The first-order valence-corrected chi connectivity index (χ1v) is 8.86. The second kappa shape index (κ2) is 6.90. The van der Waals surface area contributed by atoms with Crippen LogP contribution in [0, 0.1) is 0 Å². The summed E-state index contributed by atoms with van der Waals surface area (Å²) < 4.78 is 6.54. The molecule has 0 saturated heterocycles. The Morgan fingerprint density at radius 3 is 2.81 bits per heavy atom. The van der Waals surface area contributed by atoms with Crippen LogP contribution in [0.4, 0.5) is 5.69 Å². The quantitative estimate of drug-likeness (QED) is 0.464. The molecule has 0 spiro atoms. The molecule has 1 amide bonds. The number of oxazole rings is 1. The molecule has 0 unspecified atom stereocenters. The summed E-state index contributed by atoms with van der Waals surface area (Å²) in [5.74, 6) is 0.151. The molecule has 5 nitrogen and oxygen atoms in total. The van der Waals surface area contributed by atoms with Crippen molar-refractivity contribution in [2.24, 2.45) is 0 Å². The van der Waals surface area contributed by atoms with Crippen molar-refractivity contribution in [3.05, 3.63) is 75.9 Å². The second-order valence-corrected chi connectivity index (χ2v) is 6.83. The molecule has 4 aromatic rings. The van der Waals surface area contributed by atoms with Gasteiger partial charge in [0.15, 0.2) is 11.2 Å². The number of rotatable bonds is 3. The maximum atomic E-state index is 12.5. The van der Waals surface area contributed by atoms with Crippen LogP contribution in [0.3, 0.4) is 0 Å². The van der Waals surface area contributed by atoms with E-state index in [9.17, 15) is 4.79 Å². The fraction of sp³-hybridized carbons (Fsp3) is 0. The summed E-state index contributed by atoms with van der Waals surface area (Å²) in [4.78, 5) is 21.0. The molecule has 4 rings (SSSR count). The largest absolute Gasteiger partial charge is 0.434 e. The van der Waals surface area contributed by atoms with Gasteiger partial charge in [-0.1, -0.05) is 33.6 Å². The number of hydrogen-bond donors (Lipinski definition) is 1. The molecule has 0 atom stereocenters. The van der Waals surface area contributed by atoms with E-state index in [-0.39, 0.29) is 5.91 Å². The lowest BCUT2D eigenvalue weighted by molar-refractivity contribution is 0.102. The van der Waals surface area contributed by atoms with Crippen molar-refractivity contribution in [1.29, 1.82) is 0 Å². The zero-order valence-corrected chi connectivity index (χ0v) is 15.6. The zero-order chi connectivity index (χ0) is 18.1. The zero-order valence-electron chi connectivity index (χ0n) is 13.2. The number of anilines is 1. The van der Waals surface area contributed by atoms with Gasteiger partial charge in [0.05, 0.1) is 10.7 Å². The number of amides is 1. The van der Waals surface area contributed by atoms with Crippen molar-refractivity contribution in [1.82, 2.24) is 9.97 Å². The van der Waals surface area contributed by atoms with Crippen LogP contribution in [0.2, 0.25) is 5.02 Å². The van der Waals surface area contributed by atoms with Crippen molar-refractivity contribution in [2.75, 3.05) is 5.32 Å². The fourth-order valence-corrected chi connectivity index (χ4v) is 3.03. The van der Waals surface area contributed by atoms with Crippen molar-refractivity contribution in [3.8, 4) is 11.5 Å². The summed E-state index contributed by atoms with van der Waals surface area (Å²) in [6.07, 6.45) is 1.65. The van der Waals surface area contributed by atoms with Crippen LogP contribution in [-0.2, 0) is 0 Å². The smallest absolute Gasteiger partial charge is 0.255 e. The summed E-state index contributed by atoms with van der Waals surface area (Å²) in [5, 5.41) is 3.24. The topological polar surface area (TPSA) is 68.0 Å². The molecule has 0 saturated carbocycles. The van der Waals surface area contributed by atoms with E-state index in [1.807, 2.05) is 6.07 Å². The fourth-order valence-electron chi connectivity index (χ4n) is 2.47. The molecule has 1 N–H and O–H groups in total. The lowest BCUT2D eigenvalue weighted by Crippen LogP contribution is -2.12. The van der Waals surface area contributed by atoms with Crippen molar-refractivity contribution in [3.63, 3.8) is 0 Å². The Kier molecular flexibility index (Phi) is 4.44. The van der Waals surface area contributed by atoms with Crippen LogP contribution in [0.1, 0.15) is 10.4 Å². The third-order valence-electron chi connectivity index (χ3n) is 3.71. The third kappa shape index (κ3) is 3.34. The standard InChI is InChI=1S/C19H11BrClN3O2/c20-13-4-1-3-11(9-13)18(25)23-15-10-12(6-7-14(15)21)19-24-17-16(26-19)5-2-8-22-17/h1-10H,(H,23,25). The van der Waals surface area contributed by atoms with E-state index in [0.717, 1.165) is 4.47 Å². The van der Waals surface area contributed by atoms with Crippen molar-refractivity contribution < 1.29 is 9.21 Å². The van der Waals surface area contributed by atoms with Gasteiger partial charge in [0.2, 0.25) is 5.89 Å². The number of hydrogen-bond acceptors (Lipinski definition) is 4. The maximum Gasteiger partial charge on any atom is 0.255 e. The van der Waals surface area contributed by atoms with E-state index in [1.54, 1.807) is 54.7 Å². The third-order valence-corrected chi connectivity index (χ3v) is 4.54. The Morgan fingerprint density at radius 1 is 1.12 bits per heavy atom. The second-order valence-electron chi connectivity index (χ2n) is 5.50. The minimum absolute atomic E-state index is 0.260. The molecule has 0 aliphatic carbocycles. The van der Waals surface area contributed by atoms with E-state index in [1.165, 1.54) is 0 Å². The molecular formula is C19H11BrClN3O2. The van der Waals surface area contributed by atoms with Gasteiger partial charge in [0.25, 0.3) is 5.91 Å². The van der Waals surface area contributed by atoms with Gasteiger partial charge in [0, 0.05) is 21.8 Å². The number of nitrogens with zero attached hydrogens (tertiary/aromatic N) is 2. The number of carbonyl (C=O) groups is 1. The Hall–Kier alpha value is -2.70. The van der Waals surface area contributed by atoms with Crippen LogP contribution < -0.4 is 5.32 Å². The average molecular weight is 429 g/mol. The Bertz CT molecular complexity index is 1090. The summed E-state index contributed by atoms with van der Waals surface area (Å²) in [5.41, 5.74) is 2.81. The monoisotopic (exact) mass is 427 g/mol. The highest BCUT2D eigenvalue weighted by Gasteiger charge is 2.13. The van der Waals surface area contributed by atoms with E-state index in [4.69, 9.17) is 16.0 Å². The molecule has 2 aromatic carbocycles. The molecule has 128 valence electrons. The normalized spacial score (nSPS) is 10.8. The number of fused-ring (bicyclic) bond motifs is 1. The molecule has 2 heterocycles. The van der Waals surface area contributed by atoms with Crippen LogP contribution in [0.15, 0.2) is 69.7 Å². The minimum atomic E-state index is -0.260. The first kappa shape index (κ1) is 16.8. The van der Waals surface area contributed by atoms with Crippen molar-refractivity contribution in [2.45, 2.75) is 0 Å². The van der Waals surface area contributed by atoms with Gasteiger partial charge in [0.1, 0.15) is 0 Å². The van der Waals surface area contributed by atoms with E-state index >= 15 is 0 Å². The van der Waals surface area contributed by atoms with Gasteiger partial charge in [-0.15, -0.1) is 0 Å². The SMILES string of the molecule is O=C(Nc1cc(-c2nc3ncccc3o2)ccc1Cl)c1cccc(Br)c1. The predicted octanol–water partition coefficient (Wildman–Crippen LogP) is 5.56. The average Bonchev–Trinajstić information content (AvgIpc) is 3.07. The van der Waals surface area contributed by atoms with Gasteiger partial charge in [-0.05, 0) is 48.5 Å². The van der Waals surface area contributed by atoms with Crippen molar-refractivity contribution >= 4 is 50.4 Å². The Morgan fingerprint density at radius 2 is 2.00 bits per heavy atom. The molecule has 7 heteroatoms. The summed E-state index contributed by atoms with van der Waals surface area (Å²) in [6.45, 7) is 0. The highest BCUT2D eigenvalue weighted by atomic mass is 79.9. The highest BCUT2D eigenvalue weighted by Crippen LogP contribution is 2.30. The number of benzene rings is 2. The molecule has 0 aliphatic heterocycles. The lowest BCUT2D eigenvalue weighted by Gasteiger charge is -2.09. The minimum Gasteiger partial charge on any atom is -0.434 e. The van der Waals surface area contributed by atoms with Gasteiger partial charge in [-0.2, -0.15) is 4.98 Å².